The number of carbonyl (C=O) groups is 2. The van der Waals surface area contributed by atoms with Crippen molar-refractivity contribution in [2.75, 3.05) is 10.6 Å². The number of rotatable bonds is 2. The van der Waals surface area contributed by atoms with Gasteiger partial charge in [0.15, 0.2) is 0 Å². The molecule has 0 bridgehead atoms. The summed E-state index contributed by atoms with van der Waals surface area (Å²) in [7, 11) is 0. The van der Waals surface area contributed by atoms with Gasteiger partial charge in [-0.25, -0.2) is 8.78 Å². The summed E-state index contributed by atoms with van der Waals surface area (Å²) in [6.07, 6.45) is 0. The Morgan fingerprint density at radius 2 is 1.50 bits per heavy atom. The minimum absolute atomic E-state index is 0.119. The summed E-state index contributed by atoms with van der Waals surface area (Å²) in [6, 6.07) is 6.75. The predicted molar refractivity (Wildman–Crippen MR) is 80.1 cm³/mol. The van der Waals surface area contributed by atoms with Gasteiger partial charge in [0.05, 0.1) is 16.4 Å². The van der Waals surface area contributed by atoms with Crippen LogP contribution in [0.25, 0.3) is 0 Å². The van der Waals surface area contributed by atoms with E-state index in [1.807, 2.05) is 5.32 Å². The molecular weight excluding hydrogens is 337 g/mol. The van der Waals surface area contributed by atoms with Crippen molar-refractivity contribution in [2.24, 2.45) is 0 Å². The molecule has 0 saturated carbocycles. The summed E-state index contributed by atoms with van der Waals surface area (Å²) in [6.45, 7) is 0. The van der Waals surface area contributed by atoms with Crippen LogP contribution in [0.15, 0.2) is 36.4 Å². The van der Waals surface area contributed by atoms with Crippen molar-refractivity contribution < 1.29 is 18.4 Å². The maximum absolute atomic E-state index is 13.4. The SMILES string of the molecule is O=C(Nc1cc(F)ccc1F)C(=O)Nc1cc(Cl)ccc1Cl. The Labute approximate surface area is 134 Å². The smallest absolute Gasteiger partial charge is 0.314 e. The zero-order chi connectivity index (χ0) is 16.3. The predicted octanol–water partition coefficient (Wildman–Crippen LogP) is 3.85. The lowest BCUT2D eigenvalue weighted by Crippen LogP contribution is -2.29. The van der Waals surface area contributed by atoms with Crippen LogP contribution in [0, 0.1) is 11.6 Å². The van der Waals surface area contributed by atoms with Crippen molar-refractivity contribution in [3.8, 4) is 0 Å². The Bertz CT molecular complexity index is 690. The molecule has 2 aromatic carbocycles. The van der Waals surface area contributed by atoms with Gasteiger partial charge in [-0.1, -0.05) is 23.2 Å². The number of hydrogen-bond acceptors (Lipinski definition) is 2. The highest BCUT2D eigenvalue weighted by atomic mass is 35.5. The zero-order valence-electron chi connectivity index (χ0n) is 10.8. The molecule has 0 aromatic heterocycles. The highest BCUT2D eigenvalue weighted by Gasteiger charge is 2.17. The molecular formula is C14H8Cl2F2N2O2. The number of anilines is 2. The molecule has 2 rings (SSSR count). The highest BCUT2D eigenvalue weighted by molar-refractivity contribution is 6.45. The Morgan fingerprint density at radius 3 is 2.18 bits per heavy atom. The quantitative estimate of drug-likeness (QED) is 0.813. The number of benzene rings is 2. The summed E-state index contributed by atoms with van der Waals surface area (Å²) >= 11 is 11.6. The summed E-state index contributed by atoms with van der Waals surface area (Å²) in [5.41, 5.74) is -0.327. The fourth-order valence-electron chi connectivity index (χ4n) is 1.54. The van der Waals surface area contributed by atoms with E-state index in [1.165, 1.54) is 18.2 Å². The van der Waals surface area contributed by atoms with Gasteiger partial charge in [0, 0.05) is 11.1 Å². The summed E-state index contributed by atoms with van der Waals surface area (Å²) < 4.78 is 26.4. The number of amides is 2. The molecule has 114 valence electrons. The molecule has 4 nitrogen and oxygen atoms in total. The van der Waals surface area contributed by atoms with Gasteiger partial charge in [-0.2, -0.15) is 0 Å². The largest absolute Gasteiger partial charge is 0.316 e. The Balaban J connectivity index is 2.11. The lowest BCUT2D eigenvalue weighted by atomic mass is 10.3. The molecule has 22 heavy (non-hydrogen) atoms. The fraction of sp³-hybridized carbons (Fsp3) is 0. The lowest BCUT2D eigenvalue weighted by Gasteiger charge is -2.09. The molecule has 0 aliphatic carbocycles. The van der Waals surface area contributed by atoms with Crippen molar-refractivity contribution in [2.45, 2.75) is 0 Å². The molecule has 0 aliphatic heterocycles. The van der Waals surface area contributed by atoms with Gasteiger partial charge >= 0.3 is 11.8 Å². The maximum Gasteiger partial charge on any atom is 0.314 e. The van der Waals surface area contributed by atoms with Crippen molar-refractivity contribution in [1.82, 2.24) is 0 Å². The van der Waals surface area contributed by atoms with Gasteiger partial charge in [0.1, 0.15) is 11.6 Å². The lowest BCUT2D eigenvalue weighted by molar-refractivity contribution is -0.133. The highest BCUT2D eigenvalue weighted by Crippen LogP contribution is 2.25. The third kappa shape index (κ3) is 3.93. The van der Waals surface area contributed by atoms with E-state index >= 15 is 0 Å². The van der Waals surface area contributed by atoms with Crippen molar-refractivity contribution >= 4 is 46.4 Å². The van der Waals surface area contributed by atoms with Crippen LogP contribution >= 0.6 is 23.2 Å². The first kappa shape index (κ1) is 16.2. The standard InChI is InChI=1S/C14H8Cl2F2N2O2/c15-7-1-3-9(16)11(5-7)19-13(21)14(22)20-12-6-8(17)2-4-10(12)18/h1-6H,(H,19,21)(H,20,22). The van der Waals surface area contributed by atoms with E-state index in [0.29, 0.717) is 5.02 Å². The molecule has 0 spiro atoms. The van der Waals surface area contributed by atoms with Crippen molar-refractivity contribution in [3.05, 3.63) is 58.1 Å². The van der Waals surface area contributed by atoms with E-state index < -0.39 is 29.1 Å². The van der Waals surface area contributed by atoms with Crippen LogP contribution in [0.1, 0.15) is 0 Å². The average molecular weight is 345 g/mol. The first-order valence-electron chi connectivity index (χ1n) is 5.89. The van der Waals surface area contributed by atoms with Crippen LogP contribution in [0.2, 0.25) is 10.0 Å². The molecule has 8 heteroatoms. The van der Waals surface area contributed by atoms with Gasteiger partial charge in [-0.05, 0) is 30.3 Å². The number of halogens is 4. The summed E-state index contributed by atoms with van der Waals surface area (Å²) in [5, 5.41) is 4.66. The van der Waals surface area contributed by atoms with E-state index in [-0.39, 0.29) is 10.7 Å². The third-order valence-corrected chi connectivity index (χ3v) is 3.12. The van der Waals surface area contributed by atoms with Crippen molar-refractivity contribution in [3.63, 3.8) is 0 Å². The van der Waals surface area contributed by atoms with Gasteiger partial charge in [0.2, 0.25) is 0 Å². The summed E-state index contributed by atoms with van der Waals surface area (Å²) in [4.78, 5) is 23.4. The van der Waals surface area contributed by atoms with Crippen LogP contribution in [-0.4, -0.2) is 11.8 Å². The van der Waals surface area contributed by atoms with Crippen molar-refractivity contribution in [1.29, 1.82) is 0 Å². The molecule has 2 aromatic rings. The Hall–Kier alpha value is -2.18. The minimum Gasteiger partial charge on any atom is -0.316 e. The Kier molecular flexibility index (Phi) is 4.95. The van der Waals surface area contributed by atoms with Gasteiger partial charge in [-0.3, -0.25) is 9.59 Å². The van der Waals surface area contributed by atoms with E-state index in [4.69, 9.17) is 23.2 Å². The maximum atomic E-state index is 13.4. The molecule has 2 N–H and O–H groups in total. The average Bonchev–Trinajstić information content (AvgIpc) is 2.46. The monoisotopic (exact) mass is 344 g/mol. The topological polar surface area (TPSA) is 58.2 Å². The molecule has 0 aliphatic rings. The molecule has 0 radical (unpaired) electrons. The molecule has 0 fully saturated rings. The number of nitrogens with one attached hydrogen (secondary N) is 2. The van der Waals surface area contributed by atoms with E-state index in [0.717, 1.165) is 18.2 Å². The van der Waals surface area contributed by atoms with Crippen LogP contribution in [0.4, 0.5) is 20.2 Å². The van der Waals surface area contributed by atoms with E-state index in [1.54, 1.807) is 0 Å². The Morgan fingerprint density at radius 1 is 0.864 bits per heavy atom. The second kappa shape index (κ2) is 6.72. The van der Waals surface area contributed by atoms with Gasteiger partial charge in [0.25, 0.3) is 0 Å². The van der Waals surface area contributed by atoms with Crippen LogP contribution in [0.3, 0.4) is 0 Å². The number of carbonyl (C=O) groups excluding carboxylic acids is 2. The normalized spacial score (nSPS) is 10.2. The van der Waals surface area contributed by atoms with Crippen LogP contribution in [-0.2, 0) is 9.59 Å². The third-order valence-electron chi connectivity index (χ3n) is 2.56. The van der Waals surface area contributed by atoms with E-state index in [2.05, 4.69) is 5.32 Å². The molecule has 2 amide bonds. The van der Waals surface area contributed by atoms with E-state index in [9.17, 15) is 18.4 Å². The molecule has 0 heterocycles. The second-order valence-corrected chi connectivity index (χ2v) is 5.00. The van der Waals surface area contributed by atoms with Gasteiger partial charge < -0.3 is 10.6 Å². The molecule has 0 unspecified atom stereocenters. The first-order valence-corrected chi connectivity index (χ1v) is 6.65. The summed E-state index contributed by atoms with van der Waals surface area (Å²) in [5.74, 6) is -3.91. The first-order chi connectivity index (χ1) is 10.4. The van der Waals surface area contributed by atoms with Crippen LogP contribution < -0.4 is 10.6 Å². The van der Waals surface area contributed by atoms with Crippen LogP contribution in [0.5, 0.6) is 0 Å². The molecule has 0 saturated heterocycles. The second-order valence-electron chi connectivity index (χ2n) is 4.16. The minimum atomic E-state index is -1.18. The number of hydrogen-bond donors (Lipinski definition) is 2. The zero-order valence-corrected chi connectivity index (χ0v) is 12.3. The van der Waals surface area contributed by atoms with Gasteiger partial charge in [-0.15, -0.1) is 0 Å². The fourth-order valence-corrected chi connectivity index (χ4v) is 1.88. The molecule has 0 atom stereocenters.